The molecule has 1 unspecified atom stereocenters. The van der Waals surface area contributed by atoms with Crippen LogP contribution in [-0.2, 0) is 23.2 Å². The molecule has 156 valence electrons. The van der Waals surface area contributed by atoms with Crippen molar-refractivity contribution < 1.29 is 9.59 Å². The topological polar surface area (TPSA) is 76.1 Å². The van der Waals surface area contributed by atoms with Crippen LogP contribution in [0.1, 0.15) is 58.3 Å². The van der Waals surface area contributed by atoms with E-state index in [9.17, 15) is 9.59 Å². The normalized spacial score (nSPS) is 19.4. The Morgan fingerprint density at radius 3 is 2.48 bits per heavy atom. The van der Waals surface area contributed by atoms with Gasteiger partial charge in [0.15, 0.2) is 5.78 Å². The molecule has 1 aromatic carbocycles. The van der Waals surface area contributed by atoms with Crippen LogP contribution in [0.3, 0.4) is 0 Å². The highest BCUT2D eigenvalue weighted by molar-refractivity contribution is 6.00. The fourth-order valence-corrected chi connectivity index (χ4v) is 4.76. The predicted molar refractivity (Wildman–Crippen MR) is 117 cm³/mol. The van der Waals surface area contributed by atoms with E-state index in [1.165, 1.54) is 0 Å². The van der Waals surface area contributed by atoms with Gasteiger partial charge in [-0.3, -0.25) is 14.6 Å². The average Bonchev–Trinajstić information content (AvgIpc) is 3.04. The van der Waals surface area contributed by atoms with Crippen LogP contribution in [0.15, 0.2) is 42.9 Å². The summed E-state index contributed by atoms with van der Waals surface area (Å²) in [5, 5.41) is 0. The molecule has 0 N–H and O–H groups in total. The van der Waals surface area contributed by atoms with E-state index in [1.807, 2.05) is 45.3 Å². The lowest BCUT2D eigenvalue weighted by molar-refractivity contribution is -0.125. The van der Waals surface area contributed by atoms with Crippen molar-refractivity contribution in [2.24, 2.45) is 0 Å². The third-order valence-electron chi connectivity index (χ3n) is 6.61. The van der Waals surface area contributed by atoms with Gasteiger partial charge in [-0.05, 0) is 55.5 Å². The van der Waals surface area contributed by atoms with Crippen molar-refractivity contribution in [3.05, 3.63) is 76.6 Å². The number of Topliss-reactive ketones (excluding diaryl/α,β-unsaturated/α-hetero) is 1. The number of pyridine rings is 1. The van der Waals surface area contributed by atoms with Gasteiger partial charge in [-0.1, -0.05) is 18.2 Å². The zero-order chi connectivity index (χ0) is 21.9. The first-order chi connectivity index (χ1) is 14.8. The van der Waals surface area contributed by atoms with Gasteiger partial charge in [0, 0.05) is 42.5 Å². The molecule has 5 rings (SSSR count). The fourth-order valence-electron chi connectivity index (χ4n) is 4.76. The van der Waals surface area contributed by atoms with Crippen LogP contribution >= 0.6 is 0 Å². The molecular formula is C25H24N4O2. The van der Waals surface area contributed by atoms with Crippen LogP contribution in [-0.4, -0.2) is 38.6 Å². The highest BCUT2D eigenvalue weighted by Crippen LogP contribution is 2.42. The second-order valence-electron chi connectivity index (χ2n) is 9.06. The number of ketones is 1. The number of rotatable bonds is 2. The number of nitrogens with zero attached hydrogens (tertiary/aromatic N) is 4. The quantitative estimate of drug-likeness (QED) is 0.643. The zero-order valence-corrected chi connectivity index (χ0v) is 18.1. The number of carbonyl (C=O) groups is 2. The summed E-state index contributed by atoms with van der Waals surface area (Å²) < 4.78 is 0. The predicted octanol–water partition coefficient (Wildman–Crippen LogP) is 3.62. The minimum Gasteiger partial charge on any atom is -0.336 e. The van der Waals surface area contributed by atoms with E-state index in [2.05, 4.69) is 27.1 Å². The second-order valence-corrected chi connectivity index (χ2v) is 9.06. The smallest absolute Gasteiger partial charge is 0.255 e. The Hall–Kier alpha value is -3.41. The first kappa shape index (κ1) is 19.5. The summed E-state index contributed by atoms with van der Waals surface area (Å²) in [6, 6.07) is 8.10. The molecule has 2 aromatic heterocycles. The number of hydrogen-bond acceptors (Lipinski definition) is 5. The van der Waals surface area contributed by atoms with Gasteiger partial charge < -0.3 is 4.90 Å². The monoisotopic (exact) mass is 412 g/mol. The van der Waals surface area contributed by atoms with Crippen molar-refractivity contribution >= 4 is 11.7 Å². The molecule has 3 aromatic rings. The Kier molecular flexibility index (Phi) is 4.29. The molecule has 0 saturated heterocycles. The lowest BCUT2D eigenvalue weighted by Gasteiger charge is -2.36. The molecule has 1 amide bonds. The Bertz CT molecular complexity index is 1230. The Balaban J connectivity index is 1.57. The van der Waals surface area contributed by atoms with Crippen molar-refractivity contribution in [1.82, 2.24) is 19.9 Å². The van der Waals surface area contributed by atoms with E-state index >= 15 is 0 Å². The maximum Gasteiger partial charge on any atom is 0.255 e. The minimum absolute atomic E-state index is 0.0334. The largest absolute Gasteiger partial charge is 0.336 e. The van der Waals surface area contributed by atoms with Crippen LogP contribution in [0.5, 0.6) is 0 Å². The molecule has 6 nitrogen and oxygen atoms in total. The molecule has 31 heavy (non-hydrogen) atoms. The minimum atomic E-state index is -0.625. The van der Waals surface area contributed by atoms with Crippen LogP contribution in [0.2, 0.25) is 0 Å². The Morgan fingerprint density at radius 2 is 1.74 bits per heavy atom. The number of hydrogen-bond donors (Lipinski definition) is 0. The van der Waals surface area contributed by atoms with Crippen molar-refractivity contribution in [3.63, 3.8) is 0 Å². The molecule has 1 aliphatic heterocycles. The van der Waals surface area contributed by atoms with Crippen LogP contribution in [0.25, 0.3) is 11.1 Å². The van der Waals surface area contributed by atoms with E-state index in [0.717, 1.165) is 39.3 Å². The molecule has 0 radical (unpaired) electrons. The fraction of sp³-hybridized carbons (Fsp3) is 0.320. The summed E-state index contributed by atoms with van der Waals surface area (Å²) in [6.07, 6.45) is 6.01. The first-order valence-electron chi connectivity index (χ1n) is 10.5. The van der Waals surface area contributed by atoms with Gasteiger partial charge >= 0.3 is 0 Å². The van der Waals surface area contributed by atoms with Gasteiger partial charge in [-0.25, -0.2) is 9.97 Å². The molecule has 6 heteroatoms. The standard InChI is InChI=1S/C25H24N4O2/c1-14-26-11-18(12-27-14)15-5-6-21-16(7-15)8-19(23(30)25(21,2)3)17-9-20-22(28-10-17)13-29(4)24(20)31/h5-7,9-12,19H,8,13H2,1-4H3. The van der Waals surface area contributed by atoms with Crippen LogP contribution in [0.4, 0.5) is 0 Å². The molecule has 0 bridgehead atoms. The molecule has 1 aliphatic carbocycles. The highest BCUT2D eigenvalue weighted by atomic mass is 16.2. The van der Waals surface area contributed by atoms with E-state index < -0.39 is 5.41 Å². The number of amides is 1. The summed E-state index contributed by atoms with van der Waals surface area (Å²) in [5.41, 5.74) is 5.75. The van der Waals surface area contributed by atoms with Gasteiger partial charge in [-0.15, -0.1) is 0 Å². The van der Waals surface area contributed by atoms with Crippen molar-refractivity contribution in [2.45, 2.75) is 45.1 Å². The second kappa shape index (κ2) is 6.80. The molecule has 1 atom stereocenters. The van der Waals surface area contributed by atoms with Crippen molar-refractivity contribution in [1.29, 1.82) is 0 Å². The van der Waals surface area contributed by atoms with Gasteiger partial charge in [0.25, 0.3) is 5.91 Å². The Morgan fingerprint density at radius 1 is 1.00 bits per heavy atom. The maximum absolute atomic E-state index is 13.5. The van der Waals surface area contributed by atoms with Gasteiger partial charge in [0.2, 0.25) is 0 Å². The maximum atomic E-state index is 13.5. The number of aromatic nitrogens is 3. The van der Waals surface area contributed by atoms with Crippen molar-refractivity contribution in [2.75, 3.05) is 7.05 Å². The number of aryl methyl sites for hydroxylation is 1. The molecule has 0 spiro atoms. The third kappa shape index (κ3) is 3.05. The molecule has 2 aliphatic rings. The van der Waals surface area contributed by atoms with Gasteiger partial charge in [0.05, 0.1) is 17.8 Å². The van der Waals surface area contributed by atoms with E-state index in [0.29, 0.717) is 18.5 Å². The third-order valence-corrected chi connectivity index (χ3v) is 6.61. The van der Waals surface area contributed by atoms with E-state index in [1.54, 1.807) is 18.1 Å². The SMILES string of the molecule is Cc1ncc(-c2ccc3c(c2)CC(c2cnc4c(c2)C(=O)N(C)C4)C(=O)C3(C)C)cn1. The van der Waals surface area contributed by atoms with E-state index in [-0.39, 0.29) is 17.6 Å². The Labute approximate surface area is 181 Å². The lowest BCUT2D eigenvalue weighted by Crippen LogP contribution is -2.39. The average molecular weight is 412 g/mol. The van der Waals surface area contributed by atoms with Crippen molar-refractivity contribution in [3.8, 4) is 11.1 Å². The number of carbonyl (C=O) groups excluding carboxylic acids is 2. The molecular weight excluding hydrogens is 388 g/mol. The lowest BCUT2D eigenvalue weighted by atomic mass is 9.65. The summed E-state index contributed by atoms with van der Waals surface area (Å²) in [6.45, 7) is 6.34. The summed E-state index contributed by atoms with van der Waals surface area (Å²) in [7, 11) is 1.77. The highest BCUT2D eigenvalue weighted by Gasteiger charge is 2.42. The summed E-state index contributed by atoms with van der Waals surface area (Å²) in [5.74, 6) is 0.530. The van der Waals surface area contributed by atoms with E-state index in [4.69, 9.17) is 0 Å². The molecule has 0 saturated carbocycles. The summed E-state index contributed by atoms with van der Waals surface area (Å²) >= 11 is 0. The van der Waals surface area contributed by atoms with Crippen LogP contribution < -0.4 is 0 Å². The zero-order valence-electron chi connectivity index (χ0n) is 18.1. The van der Waals surface area contributed by atoms with Crippen LogP contribution in [0, 0.1) is 6.92 Å². The molecule has 0 fully saturated rings. The first-order valence-corrected chi connectivity index (χ1v) is 10.5. The van der Waals surface area contributed by atoms with Gasteiger partial charge in [-0.2, -0.15) is 0 Å². The number of benzene rings is 1. The van der Waals surface area contributed by atoms with Gasteiger partial charge in [0.1, 0.15) is 5.82 Å². The molecule has 3 heterocycles. The number of fused-ring (bicyclic) bond motifs is 2. The summed E-state index contributed by atoms with van der Waals surface area (Å²) in [4.78, 5) is 40.7.